The van der Waals surface area contributed by atoms with E-state index in [0.29, 0.717) is 40.4 Å². The number of hydrogen-bond acceptors (Lipinski definition) is 6. The number of urea groups is 1. The molecule has 0 spiro atoms. The highest BCUT2D eigenvalue weighted by Crippen LogP contribution is 2.26. The van der Waals surface area contributed by atoms with Crippen LogP contribution in [0.5, 0.6) is 0 Å². The summed E-state index contributed by atoms with van der Waals surface area (Å²) < 4.78 is 7.35. The number of hydrogen-bond donors (Lipinski definition) is 1. The van der Waals surface area contributed by atoms with Gasteiger partial charge in [0.1, 0.15) is 6.54 Å². The Morgan fingerprint density at radius 2 is 2.03 bits per heavy atom. The third kappa shape index (κ3) is 4.72. The fourth-order valence-electron chi connectivity index (χ4n) is 3.01. The number of aromatic nitrogens is 5. The van der Waals surface area contributed by atoms with Crippen molar-refractivity contribution in [1.82, 2.24) is 29.9 Å². The molecule has 0 atom stereocenters. The van der Waals surface area contributed by atoms with Crippen LogP contribution >= 0.6 is 11.6 Å². The first-order valence-electron chi connectivity index (χ1n) is 9.74. The SMILES string of the molecule is CCCN(Cc1nnc(-c2ccccc2Cl)o1)C(=O)Nc1cccnc1-n1cccn1. The zero-order valence-electron chi connectivity index (χ0n) is 16.8. The zero-order valence-corrected chi connectivity index (χ0v) is 17.5. The van der Waals surface area contributed by atoms with Gasteiger partial charge in [0.15, 0.2) is 5.82 Å². The summed E-state index contributed by atoms with van der Waals surface area (Å²) in [4.78, 5) is 18.9. The Hall–Kier alpha value is -3.72. The summed E-state index contributed by atoms with van der Waals surface area (Å²) in [5.41, 5.74) is 1.19. The summed E-state index contributed by atoms with van der Waals surface area (Å²) in [5, 5.41) is 15.8. The predicted molar refractivity (Wildman–Crippen MR) is 116 cm³/mol. The van der Waals surface area contributed by atoms with Gasteiger partial charge in [0.2, 0.25) is 11.8 Å². The quantitative estimate of drug-likeness (QED) is 0.459. The third-order valence-corrected chi connectivity index (χ3v) is 4.76. The third-order valence-electron chi connectivity index (χ3n) is 4.43. The van der Waals surface area contributed by atoms with Crippen LogP contribution in [0.15, 0.2) is 65.5 Å². The fourth-order valence-corrected chi connectivity index (χ4v) is 3.23. The Labute approximate surface area is 183 Å². The molecule has 0 radical (unpaired) electrons. The minimum absolute atomic E-state index is 0.161. The van der Waals surface area contributed by atoms with Gasteiger partial charge in [-0.25, -0.2) is 14.5 Å². The molecule has 0 fully saturated rings. The second-order valence-corrected chi connectivity index (χ2v) is 7.06. The van der Waals surface area contributed by atoms with E-state index >= 15 is 0 Å². The molecule has 3 heterocycles. The number of nitrogens with zero attached hydrogens (tertiary/aromatic N) is 6. The molecular weight excluding hydrogens is 418 g/mol. The van der Waals surface area contributed by atoms with Crippen LogP contribution in [0.2, 0.25) is 5.02 Å². The van der Waals surface area contributed by atoms with Gasteiger partial charge >= 0.3 is 6.03 Å². The molecular formula is C21H20ClN7O2. The van der Waals surface area contributed by atoms with Gasteiger partial charge in [-0.3, -0.25) is 0 Å². The molecule has 3 aromatic heterocycles. The predicted octanol–water partition coefficient (Wildman–Crippen LogP) is 4.41. The molecule has 4 rings (SSSR count). The van der Waals surface area contributed by atoms with Crippen LogP contribution in [0, 0.1) is 0 Å². The average molecular weight is 438 g/mol. The molecule has 1 N–H and O–H groups in total. The van der Waals surface area contributed by atoms with E-state index in [0.717, 1.165) is 6.42 Å². The first-order valence-corrected chi connectivity index (χ1v) is 10.1. The van der Waals surface area contributed by atoms with E-state index in [4.69, 9.17) is 16.0 Å². The number of anilines is 1. The molecule has 31 heavy (non-hydrogen) atoms. The van der Waals surface area contributed by atoms with Crippen LogP contribution in [0.25, 0.3) is 17.3 Å². The van der Waals surface area contributed by atoms with E-state index in [1.54, 1.807) is 58.5 Å². The van der Waals surface area contributed by atoms with E-state index in [1.807, 2.05) is 19.1 Å². The summed E-state index contributed by atoms with van der Waals surface area (Å²) in [6.07, 6.45) is 5.81. The van der Waals surface area contributed by atoms with Gasteiger partial charge < -0.3 is 14.6 Å². The lowest BCUT2D eigenvalue weighted by molar-refractivity contribution is 0.203. The second-order valence-electron chi connectivity index (χ2n) is 6.66. The van der Waals surface area contributed by atoms with E-state index in [9.17, 15) is 4.79 Å². The fraction of sp³-hybridized carbons (Fsp3) is 0.190. The number of benzene rings is 1. The van der Waals surface area contributed by atoms with Gasteiger partial charge in [0.05, 0.1) is 16.3 Å². The molecule has 0 unspecified atom stereocenters. The summed E-state index contributed by atoms with van der Waals surface area (Å²) in [6.45, 7) is 2.66. The van der Waals surface area contributed by atoms with Crippen molar-refractivity contribution >= 4 is 23.3 Å². The topological polar surface area (TPSA) is 102 Å². The van der Waals surface area contributed by atoms with E-state index < -0.39 is 0 Å². The normalized spacial score (nSPS) is 10.8. The molecule has 158 valence electrons. The number of pyridine rings is 1. The maximum absolute atomic E-state index is 13.0. The van der Waals surface area contributed by atoms with Crippen molar-refractivity contribution in [2.45, 2.75) is 19.9 Å². The maximum Gasteiger partial charge on any atom is 0.322 e. The lowest BCUT2D eigenvalue weighted by Crippen LogP contribution is -2.35. The van der Waals surface area contributed by atoms with Crippen LogP contribution in [0.4, 0.5) is 10.5 Å². The van der Waals surface area contributed by atoms with Crippen LogP contribution < -0.4 is 5.32 Å². The number of nitrogens with one attached hydrogen (secondary N) is 1. The molecule has 0 saturated heterocycles. The Bertz CT molecular complexity index is 1160. The molecule has 0 aliphatic carbocycles. The highest BCUT2D eigenvalue weighted by molar-refractivity contribution is 6.33. The molecule has 4 aromatic rings. The Kier molecular flexibility index (Phi) is 6.23. The summed E-state index contributed by atoms with van der Waals surface area (Å²) >= 11 is 6.21. The summed E-state index contributed by atoms with van der Waals surface area (Å²) in [6, 6.07) is 12.2. The summed E-state index contributed by atoms with van der Waals surface area (Å²) in [7, 11) is 0. The van der Waals surface area contributed by atoms with Crippen LogP contribution in [0.3, 0.4) is 0 Å². The molecule has 0 saturated carbocycles. The lowest BCUT2D eigenvalue weighted by Gasteiger charge is -2.21. The Morgan fingerprint density at radius 3 is 2.81 bits per heavy atom. The zero-order chi connectivity index (χ0) is 21.6. The van der Waals surface area contributed by atoms with Gasteiger partial charge in [-0.05, 0) is 36.8 Å². The van der Waals surface area contributed by atoms with Crippen molar-refractivity contribution in [2.24, 2.45) is 0 Å². The molecule has 2 amide bonds. The smallest absolute Gasteiger partial charge is 0.322 e. The van der Waals surface area contributed by atoms with Gasteiger partial charge in [-0.2, -0.15) is 5.10 Å². The maximum atomic E-state index is 13.0. The van der Waals surface area contributed by atoms with Crippen LogP contribution in [-0.2, 0) is 6.54 Å². The van der Waals surface area contributed by atoms with Crippen molar-refractivity contribution in [3.63, 3.8) is 0 Å². The molecule has 9 nitrogen and oxygen atoms in total. The van der Waals surface area contributed by atoms with Crippen molar-refractivity contribution < 1.29 is 9.21 Å². The van der Waals surface area contributed by atoms with Gasteiger partial charge in [-0.1, -0.05) is 30.7 Å². The second kappa shape index (κ2) is 9.40. The highest BCUT2D eigenvalue weighted by atomic mass is 35.5. The van der Waals surface area contributed by atoms with E-state index in [1.165, 1.54) is 0 Å². The summed E-state index contributed by atoms with van der Waals surface area (Å²) in [5.74, 6) is 1.15. The van der Waals surface area contributed by atoms with Gasteiger partial charge in [0, 0.05) is 25.1 Å². The number of carbonyl (C=O) groups excluding carboxylic acids is 1. The lowest BCUT2D eigenvalue weighted by atomic mass is 10.2. The van der Waals surface area contributed by atoms with Gasteiger partial charge in [0.25, 0.3) is 0 Å². The van der Waals surface area contributed by atoms with E-state index in [-0.39, 0.29) is 12.6 Å². The minimum atomic E-state index is -0.305. The first kappa shape index (κ1) is 20.5. The monoisotopic (exact) mass is 437 g/mol. The molecule has 10 heteroatoms. The molecule has 0 aliphatic heterocycles. The Balaban J connectivity index is 1.51. The van der Waals surface area contributed by atoms with Crippen molar-refractivity contribution in [2.75, 3.05) is 11.9 Å². The van der Waals surface area contributed by atoms with E-state index in [2.05, 4.69) is 25.6 Å². The largest absolute Gasteiger partial charge is 0.419 e. The minimum Gasteiger partial charge on any atom is -0.419 e. The molecule has 0 aliphatic rings. The Morgan fingerprint density at radius 1 is 1.16 bits per heavy atom. The number of carbonyl (C=O) groups is 1. The standard InChI is InChI=1S/C21H20ClN7O2/c1-2-12-28(14-18-26-27-20(31-18)15-7-3-4-8-16(15)22)21(30)25-17-9-5-10-23-19(17)29-13-6-11-24-29/h3-11,13H,2,12,14H2,1H3,(H,25,30). The van der Waals surface area contributed by atoms with Crippen molar-refractivity contribution in [1.29, 1.82) is 0 Å². The number of amides is 2. The number of halogens is 1. The number of rotatable bonds is 7. The van der Waals surface area contributed by atoms with Crippen LogP contribution in [-0.4, -0.2) is 42.4 Å². The van der Waals surface area contributed by atoms with Crippen molar-refractivity contribution in [3.8, 4) is 17.3 Å². The average Bonchev–Trinajstić information content (AvgIpc) is 3.47. The van der Waals surface area contributed by atoms with Gasteiger partial charge in [-0.15, -0.1) is 10.2 Å². The van der Waals surface area contributed by atoms with Crippen molar-refractivity contribution in [3.05, 3.63) is 72.0 Å². The molecule has 1 aromatic carbocycles. The first-order chi connectivity index (χ1) is 15.2. The highest BCUT2D eigenvalue weighted by Gasteiger charge is 2.20. The van der Waals surface area contributed by atoms with Crippen LogP contribution in [0.1, 0.15) is 19.2 Å². The molecule has 0 bridgehead atoms.